The summed E-state index contributed by atoms with van der Waals surface area (Å²) >= 11 is 0. The van der Waals surface area contributed by atoms with Crippen LogP contribution in [0.3, 0.4) is 0 Å². The molecule has 0 atom stereocenters. The lowest BCUT2D eigenvalue weighted by molar-refractivity contribution is -0.131. The quantitative estimate of drug-likeness (QED) is 0.811. The van der Waals surface area contributed by atoms with Gasteiger partial charge in [0.25, 0.3) is 0 Å². The molecule has 0 aliphatic heterocycles. The van der Waals surface area contributed by atoms with E-state index in [0.717, 1.165) is 22.8 Å². The number of rotatable bonds is 3. The van der Waals surface area contributed by atoms with E-state index in [0.29, 0.717) is 0 Å². The van der Waals surface area contributed by atoms with Gasteiger partial charge in [-0.2, -0.15) is 0 Å². The van der Waals surface area contributed by atoms with Crippen LogP contribution in [0.2, 0.25) is 0 Å². The first-order chi connectivity index (χ1) is 8.25. The number of carboxylic acid groups (broad SMARTS) is 1. The summed E-state index contributed by atoms with van der Waals surface area (Å²) in [6.07, 6.45) is 2.72. The van der Waals surface area contributed by atoms with Crippen molar-refractivity contribution in [2.75, 3.05) is 0 Å². The minimum absolute atomic E-state index is 0.882. The standard InChI is InChI=1S/C15H12O2/c16-15(17)11-8-12-6-9-14(10-7-12)13-4-2-1-3-5-13/h1-11H,(H,16,17)/b11-8-. The highest BCUT2D eigenvalue weighted by atomic mass is 16.4. The van der Waals surface area contributed by atoms with Gasteiger partial charge in [-0.15, -0.1) is 0 Å². The van der Waals surface area contributed by atoms with E-state index in [9.17, 15) is 4.79 Å². The third-order valence-corrected chi connectivity index (χ3v) is 2.44. The van der Waals surface area contributed by atoms with Crippen LogP contribution in [0.25, 0.3) is 17.2 Å². The molecule has 1 N–H and O–H groups in total. The average Bonchev–Trinajstić information content (AvgIpc) is 2.38. The summed E-state index contributed by atoms with van der Waals surface area (Å²) in [4.78, 5) is 10.4. The summed E-state index contributed by atoms with van der Waals surface area (Å²) in [6, 6.07) is 17.8. The third kappa shape index (κ3) is 3.05. The molecule has 0 aliphatic rings. The molecule has 2 aromatic rings. The van der Waals surface area contributed by atoms with E-state index in [1.54, 1.807) is 6.08 Å². The smallest absolute Gasteiger partial charge is 0.328 e. The predicted molar refractivity (Wildman–Crippen MR) is 68.5 cm³/mol. The third-order valence-electron chi connectivity index (χ3n) is 2.44. The lowest BCUT2D eigenvalue weighted by atomic mass is 10.0. The Hall–Kier alpha value is -2.35. The Bertz CT molecular complexity index is 525. The van der Waals surface area contributed by atoms with Gasteiger partial charge in [-0.05, 0) is 22.8 Å². The fraction of sp³-hybridized carbons (Fsp3) is 0. The van der Waals surface area contributed by atoms with E-state index in [1.165, 1.54) is 0 Å². The van der Waals surface area contributed by atoms with E-state index in [4.69, 9.17) is 5.11 Å². The lowest BCUT2D eigenvalue weighted by Crippen LogP contribution is -1.85. The van der Waals surface area contributed by atoms with E-state index >= 15 is 0 Å². The summed E-state index contributed by atoms with van der Waals surface area (Å²) in [5.41, 5.74) is 3.16. The van der Waals surface area contributed by atoms with Crippen LogP contribution < -0.4 is 0 Å². The molecule has 0 unspecified atom stereocenters. The molecule has 0 aliphatic carbocycles. The van der Waals surface area contributed by atoms with Crippen molar-refractivity contribution in [3.63, 3.8) is 0 Å². The van der Waals surface area contributed by atoms with Gasteiger partial charge in [0.05, 0.1) is 0 Å². The SMILES string of the molecule is O=C(O)/C=C\c1ccc(-c2ccccc2)cc1. The average molecular weight is 224 g/mol. The number of carbonyl (C=O) groups is 1. The Labute approximate surface area is 99.8 Å². The summed E-state index contributed by atoms with van der Waals surface area (Å²) in [5.74, 6) is -0.933. The molecule has 2 nitrogen and oxygen atoms in total. The summed E-state index contributed by atoms with van der Waals surface area (Å²) in [6.45, 7) is 0. The molecule has 2 aromatic carbocycles. The van der Waals surface area contributed by atoms with E-state index in [-0.39, 0.29) is 0 Å². The molecule has 0 amide bonds. The van der Waals surface area contributed by atoms with Crippen LogP contribution in [0.15, 0.2) is 60.7 Å². The molecule has 0 radical (unpaired) electrons. The highest BCUT2D eigenvalue weighted by Crippen LogP contribution is 2.19. The van der Waals surface area contributed by atoms with E-state index < -0.39 is 5.97 Å². The van der Waals surface area contributed by atoms with Crippen LogP contribution in [0.1, 0.15) is 5.56 Å². The fourth-order valence-electron chi connectivity index (χ4n) is 1.58. The highest BCUT2D eigenvalue weighted by Gasteiger charge is 1.95. The molecule has 2 rings (SSSR count). The van der Waals surface area contributed by atoms with Crippen molar-refractivity contribution in [1.82, 2.24) is 0 Å². The van der Waals surface area contributed by atoms with Crippen LogP contribution in [-0.4, -0.2) is 11.1 Å². The Morgan fingerprint density at radius 2 is 1.47 bits per heavy atom. The van der Waals surface area contributed by atoms with Gasteiger partial charge >= 0.3 is 5.97 Å². The second-order valence-corrected chi connectivity index (χ2v) is 3.66. The second-order valence-electron chi connectivity index (χ2n) is 3.66. The van der Waals surface area contributed by atoms with Crippen molar-refractivity contribution >= 4 is 12.0 Å². The molecule has 0 heterocycles. The molecule has 0 fully saturated rings. The van der Waals surface area contributed by atoms with Gasteiger partial charge in [0.15, 0.2) is 0 Å². The normalized spacial score (nSPS) is 10.6. The zero-order chi connectivity index (χ0) is 12.1. The second kappa shape index (κ2) is 5.12. The van der Waals surface area contributed by atoms with Gasteiger partial charge in [-0.3, -0.25) is 0 Å². The van der Waals surface area contributed by atoms with Gasteiger partial charge in [-0.25, -0.2) is 4.79 Å². The van der Waals surface area contributed by atoms with Gasteiger partial charge in [-0.1, -0.05) is 54.6 Å². The zero-order valence-electron chi connectivity index (χ0n) is 9.21. The zero-order valence-corrected chi connectivity index (χ0v) is 9.21. The maximum absolute atomic E-state index is 10.4. The molecule has 0 saturated heterocycles. The summed E-state index contributed by atoms with van der Waals surface area (Å²) < 4.78 is 0. The Balaban J connectivity index is 2.22. The minimum atomic E-state index is -0.933. The molecular formula is C15H12O2. The van der Waals surface area contributed by atoms with Crippen molar-refractivity contribution in [3.05, 3.63) is 66.2 Å². The van der Waals surface area contributed by atoms with Crippen LogP contribution in [0.5, 0.6) is 0 Å². The molecule has 0 spiro atoms. The van der Waals surface area contributed by atoms with Crippen LogP contribution in [-0.2, 0) is 4.79 Å². The lowest BCUT2D eigenvalue weighted by Gasteiger charge is -2.01. The van der Waals surface area contributed by atoms with Crippen LogP contribution in [0.4, 0.5) is 0 Å². The minimum Gasteiger partial charge on any atom is -0.478 e. The molecule has 0 bridgehead atoms. The topological polar surface area (TPSA) is 37.3 Å². The van der Waals surface area contributed by atoms with Gasteiger partial charge in [0.2, 0.25) is 0 Å². The Morgan fingerprint density at radius 3 is 2.06 bits per heavy atom. The first-order valence-corrected chi connectivity index (χ1v) is 5.32. The summed E-state index contributed by atoms with van der Waals surface area (Å²) in [5, 5.41) is 8.52. The van der Waals surface area contributed by atoms with Crippen molar-refractivity contribution < 1.29 is 9.90 Å². The van der Waals surface area contributed by atoms with Gasteiger partial charge in [0.1, 0.15) is 0 Å². The van der Waals surface area contributed by atoms with Crippen molar-refractivity contribution in [2.45, 2.75) is 0 Å². The van der Waals surface area contributed by atoms with E-state index in [1.807, 2.05) is 54.6 Å². The Kier molecular flexibility index (Phi) is 3.36. The number of benzene rings is 2. The number of hydrogen-bond acceptors (Lipinski definition) is 1. The first kappa shape index (κ1) is 11.1. The number of carboxylic acids is 1. The molecule has 17 heavy (non-hydrogen) atoms. The highest BCUT2D eigenvalue weighted by molar-refractivity contribution is 5.85. The molecule has 0 saturated carbocycles. The van der Waals surface area contributed by atoms with Crippen molar-refractivity contribution in [1.29, 1.82) is 0 Å². The molecule has 84 valence electrons. The van der Waals surface area contributed by atoms with Gasteiger partial charge < -0.3 is 5.11 Å². The maximum atomic E-state index is 10.4. The molecule has 0 aromatic heterocycles. The largest absolute Gasteiger partial charge is 0.478 e. The van der Waals surface area contributed by atoms with Crippen molar-refractivity contribution in [2.24, 2.45) is 0 Å². The Morgan fingerprint density at radius 1 is 0.882 bits per heavy atom. The summed E-state index contributed by atoms with van der Waals surface area (Å²) in [7, 11) is 0. The fourth-order valence-corrected chi connectivity index (χ4v) is 1.58. The monoisotopic (exact) mass is 224 g/mol. The van der Waals surface area contributed by atoms with Crippen molar-refractivity contribution in [3.8, 4) is 11.1 Å². The molecule has 2 heteroatoms. The van der Waals surface area contributed by atoms with Gasteiger partial charge in [0, 0.05) is 6.08 Å². The number of aliphatic carboxylic acids is 1. The van der Waals surface area contributed by atoms with Crippen LogP contribution in [0, 0.1) is 0 Å². The van der Waals surface area contributed by atoms with Crippen LogP contribution >= 0.6 is 0 Å². The maximum Gasteiger partial charge on any atom is 0.328 e. The van der Waals surface area contributed by atoms with E-state index in [2.05, 4.69) is 0 Å². The predicted octanol–water partition coefficient (Wildman–Crippen LogP) is 3.45. The number of hydrogen-bond donors (Lipinski definition) is 1. The first-order valence-electron chi connectivity index (χ1n) is 5.32. The molecular weight excluding hydrogens is 212 g/mol.